The first kappa shape index (κ1) is 13.2. The number of amides is 2. The van der Waals surface area contributed by atoms with Crippen LogP contribution in [0.2, 0.25) is 0 Å². The highest BCUT2D eigenvalue weighted by molar-refractivity contribution is 6.21. The summed E-state index contributed by atoms with van der Waals surface area (Å²) in [4.78, 5) is 35.7. The summed E-state index contributed by atoms with van der Waals surface area (Å²) in [6, 6.07) is 5.93. The van der Waals surface area contributed by atoms with Gasteiger partial charge in [0, 0.05) is 13.1 Å². The maximum atomic E-state index is 12.0. The van der Waals surface area contributed by atoms with Crippen molar-refractivity contribution >= 4 is 17.8 Å². The Morgan fingerprint density at radius 1 is 1.26 bits per heavy atom. The van der Waals surface area contributed by atoms with E-state index in [0.717, 1.165) is 4.90 Å². The lowest BCUT2D eigenvalue weighted by Gasteiger charge is -2.15. The molecule has 100 valence electrons. The van der Waals surface area contributed by atoms with Gasteiger partial charge in [0.25, 0.3) is 11.8 Å². The predicted molar refractivity (Wildman–Crippen MR) is 66.9 cm³/mol. The van der Waals surface area contributed by atoms with Gasteiger partial charge in [-0.3, -0.25) is 19.3 Å². The second-order valence-corrected chi connectivity index (χ2v) is 4.32. The molecular formula is C13H14N2O4. The number of benzene rings is 1. The Hall–Kier alpha value is -2.21. The minimum absolute atomic E-state index is 0.157. The Labute approximate surface area is 110 Å². The van der Waals surface area contributed by atoms with Crippen molar-refractivity contribution in [3.63, 3.8) is 0 Å². The zero-order valence-electron chi connectivity index (χ0n) is 10.4. The first-order chi connectivity index (χ1) is 9.02. The van der Waals surface area contributed by atoms with Crippen LogP contribution in [-0.2, 0) is 4.79 Å². The molecular weight excluding hydrogens is 248 g/mol. The molecule has 1 aliphatic rings. The summed E-state index contributed by atoms with van der Waals surface area (Å²) in [6.07, 6.45) is 0. The standard InChI is InChI=1S/C13H14N2O4/c1-8(13(18)19)14-6-7-15-11(16)9-4-2-3-5-10(9)12(15)17/h2-5,8,14H,6-7H2,1H3,(H,18,19)/t8-/m1/s1. The molecule has 2 rings (SSSR count). The molecule has 0 saturated heterocycles. The highest BCUT2D eigenvalue weighted by Crippen LogP contribution is 2.21. The summed E-state index contributed by atoms with van der Waals surface area (Å²) in [5, 5.41) is 11.4. The second kappa shape index (κ2) is 5.19. The van der Waals surface area contributed by atoms with Crippen molar-refractivity contribution in [1.29, 1.82) is 0 Å². The minimum Gasteiger partial charge on any atom is -0.480 e. The van der Waals surface area contributed by atoms with Crippen LogP contribution in [0.4, 0.5) is 0 Å². The Kier molecular flexibility index (Phi) is 3.62. The lowest BCUT2D eigenvalue weighted by atomic mass is 10.1. The summed E-state index contributed by atoms with van der Waals surface area (Å²) < 4.78 is 0. The van der Waals surface area contributed by atoms with Gasteiger partial charge in [-0.05, 0) is 19.1 Å². The number of rotatable bonds is 5. The van der Waals surface area contributed by atoms with E-state index in [0.29, 0.717) is 11.1 Å². The molecule has 0 radical (unpaired) electrons. The number of nitrogens with zero attached hydrogens (tertiary/aromatic N) is 1. The highest BCUT2D eigenvalue weighted by atomic mass is 16.4. The van der Waals surface area contributed by atoms with Crippen LogP contribution in [0.25, 0.3) is 0 Å². The molecule has 0 spiro atoms. The van der Waals surface area contributed by atoms with Gasteiger partial charge in [-0.2, -0.15) is 0 Å². The van der Waals surface area contributed by atoms with E-state index in [1.54, 1.807) is 24.3 Å². The molecule has 1 atom stereocenters. The van der Waals surface area contributed by atoms with Crippen LogP contribution >= 0.6 is 0 Å². The van der Waals surface area contributed by atoms with Crippen molar-refractivity contribution in [1.82, 2.24) is 10.2 Å². The molecule has 0 aliphatic carbocycles. The molecule has 0 fully saturated rings. The number of carbonyl (C=O) groups excluding carboxylic acids is 2. The summed E-state index contributed by atoms with van der Waals surface area (Å²) in [5.41, 5.74) is 0.803. The fourth-order valence-corrected chi connectivity index (χ4v) is 1.92. The van der Waals surface area contributed by atoms with Gasteiger partial charge >= 0.3 is 5.97 Å². The second-order valence-electron chi connectivity index (χ2n) is 4.32. The Bertz CT molecular complexity index is 506. The van der Waals surface area contributed by atoms with E-state index >= 15 is 0 Å². The number of carbonyl (C=O) groups is 3. The Morgan fingerprint density at radius 3 is 2.26 bits per heavy atom. The van der Waals surface area contributed by atoms with Crippen molar-refractivity contribution < 1.29 is 19.5 Å². The molecule has 0 bridgehead atoms. The molecule has 0 unspecified atom stereocenters. The van der Waals surface area contributed by atoms with E-state index < -0.39 is 12.0 Å². The number of hydrogen-bond donors (Lipinski definition) is 2. The van der Waals surface area contributed by atoms with Crippen LogP contribution in [0.5, 0.6) is 0 Å². The van der Waals surface area contributed by atoms with Crippen molar-refractivity contribution in [3.05, 3.63) is 35.4 Å². The smallest absolute Gasteiger partial charge is 0.320 e. The van der Waals surface area contributed by atoms with Crippen molar-refractivity contribution in [3.8, 4) is 0 Å². The molecule has 1 aliphatic heterocycles. The third-order valence-corrected chi connectivity index (χ3v) is 3.03. The van der Waals surface area contributed by atoms with Gasteiger partial charge in [-0.1, -0.05) is 12.1 Å². The number of carboxylic acids is 1. The molecule has 0 aromatic heterocycles. The molecule has 1 heterocycles. The third-order valence-electron chi connectivity index (χ3n) is 3.03. The molecule has 0 saturated carbocycles. The average Bonchev–Trinajstić information content (AvgIpc) is 2.64. The molecule has 1 aromatic rings. The normalized spacial score (nSPS) is 15.5. The summed E-state index contributed by atoms with van der Waals surface area (Å²) >= 11 is 0. The largest absolute Gasteiger partial charge is 0.480 e. The monoisotopic (exact) mass is 262 g/mol. The molecule has 19 heavy (non-hydrogen) atoms. The van der Waals surface area contributed by atoms with Crippen LogP contribution in [0.15, 0.2) is 24.3 Å². The van der Waals surface area contributed by atoms with E-state index in [1.165, 1.54) is 6.92 Å². The number of imide groups is 1. The molecule has 6 heteroatoms. The highest BCUT2D eigenvalue weighted by Gasteiger charge is 2.34. The van der Waals surface area contributed by atoms with Crippen LogP contribution < -0.4 is 5.32 Å². The van der Waals surface area contributed by atoms with E-state index in [-0.39, 0.29) is 24.9 Å². The molecule has 1 aromatic carbocycles. The van der Waals surface area contributed by atoms with Gasteiger partial charge in [0.05, 0.1) is 11.1 Å². The molecule has 2 amide bonds. The first-order valence-electron chi connectivity index (χ1n) is 5.94. The van der Waals surface area contributed by atoms with E-state index in [2.05, 4.69) is 5.32 Å². The van der Waals surface area contributed by atoms with Crippen LogP contribution in [-0.4, -0.2) is 46.9 Å². The van der Waals surface area contributed by atoms with Crippen LogP contribution in [0.1, 0.15) is 27.6 Å². The molecule has 2 N–H and O–H groups in total. The SMILES string of the molecule is C[C@@H](NCCN1C(=O)c2ccccc2C1=O)C(=O)O. The minimum atomic E-state index is -0.970. The van der Waals surface area contributed by atoms with E-state index in [4.69, 9.17) is 5.11 Å². The fourth-order valence-electron chi connectivity index (χ4n) is 1.92. The number of fused-ring (bicyclic) bond motifs is 1. The van der Waals surface area contributed by atoms with Gasteiger partial charge in [0.15, 0.2) is 0 Å². The summed E-state index contributed by atoms with van der Waals surface area (Å²) in [6.45, 7) is 1.91. The van der Waals surface area contributed by atoms with Crippen LogP contribution in [0, 0.1) is 0 Å². The van der Waals surface area contributed by atoms with Gasteiger partial charge in [0.2, 0.25) is 0 Å². The van der Waals surface area contributed by atoms with E-state index in [1.807, 2.05) is 0 Å². The van der Waals surface area contributed by atoms with Crippen molar-refractivity contribution in [2.24, 2.45) is 0 Å². The number of carboxylic acid groups (broad SMARTS) is 1. The zero-order valence-corrected chi connectivity index (χ0v) is 10.4. The van der Waals surface area contributed by atoms with Gasteiger partial charge in [-0.15, -0.1) is 0 Å². The maximum Gasteiger partial charge on any atom is 0.320 e. The Balaban J connectivity index is 1.99. The summed E-state index contributed by atoms with van der Waals surface area (Å²) in [7, 11) is 0. The van der Waals surface area contributed by atoms with E-state index in [9.17, 15) is 14.4 Å². The van der Waals surface area contributed by atoms with Crippen molar-refractivity contribution in [2.75, 3.05) is 13.1 Å². The first-order valence-corrected chi connectivity index (χ1v) is 5.94. The fraction of sp³-hybridized carbons (Fsp3) is 0.308. The van der Waals surface area contributed by atoms with Gasteiger partial charge in [-0.25, -0.2) is 0 Å². The number of aliphatic carboxylic acids is 1. The Morgan fingerprint density at radius 2 is 1.79 bits per heavy atom. The summed E-state index contributed by atoms with van der Waals surface area (Å²) in [5.74, 6) is -1.63. The zero-order chi connectivity index (χ0) is 14.0. The third kappa shape index (κ3) is 2.48. The number of hydrogen-bond acceptors (Lipinski definition) is 4. The number of nitrogens with one attached hydrogen (secondary N) is 1. The van der Waals surface area contributed by atoms with Crippen molar-refractivity contribution in [2.45, 2.75) is 13.0 Å². The topological polar surface area (TPSA) is 86.7 Å². The maximum absolute atomic E-state index is 12.0. The van der Waals surface area contributed by atoms with Crippen LogP contribution in [0.3, 0.4) is 0 Å². The molecule has 6 nitrogen and oxygen atoms in total. The predicted octanol–water partition coefficient (Wildman–Crippen LogP) is 0.345. The lowest BCUT2D eigenvalue weighted by Crippen LogP contribution is -2.41. The average molecular weight is 262 g/mol. The van der Waals surface area contributed by atoms with Gasteiger partial charge < -0.3 is 10.4 Å². The van der Waals surface area contributed by atoms with Gasteiger partial charge in [0.1, 0.15) is 6.04 Å². The quantitative estimate of drug-likeness (QED) is 0.747. The lowest BCUT2D eigenvalue weighted by molar-refractivity contribution is -0.138.